The van der Waals surface area contributed by atoms with Crippen molar-refractivity contribution in [2.24, 2.45) is 0 Å². The predicted octanol–water partition coefficient (Wildman–Crippen LogP) is 3.56. The van der Waals surface area contributed by atoms with Crippen molar-refractivity contribution in [1.29, 1.82) is 0 Å². The smallest absolute Gasteiger partial charge is 0.320 e. The van der Waals surface area contributed by atoms with Gasteiger partial charge in [0.25, 0.3) is 5.95 Å². The molecule has 0 aliphatic heterocycles. The summed E-state index contributed by atoms with van der Waals surface area (Å²) in [6.07, 6.45) is -4.48. The lowest BCUT2D eigenvalue weighted by Gasteiger charge is -2.10. The largest absolute Gasteiger partial charge is 0.416 e. The van der Waals surface area contributed by atoms with E-state index < -0.39 is 17.6 Å². The fourth-order valence-corrected chi connectivity index (χ4v) is 1.94. The molecule has 118 valence electrons. The normalized spacial score (nSPS) is 11.5. The van der Waals surface area contributed by atoms with E-state index in [1.807, 2.05) is 0 Å². The number of halogens is 4. The molecule has 2 aromatic carbocycles. The van der Waals surface area contributed by atoms with Crippen LogP contribution in [0.2, 0.25) is 0 Å². The van der Waals surface area contributed by atoms with Gasteiger partial charge in [0.1, 0.15) is 5.82 Å². The van der Waals surface area contributed by atoms with E-state index in [0.717, 1.165) is 16.8 Å². The van der Waals surface area contributed by atoms with Crippen LogP contribution in [-0.2, 0) is 6.18 Å². The van der Waals surface area contributed by atoms with Gasteiger partial charge in [0.2, 0.25) is 0 Å². The maximum absolute atomic E-state index is 13.6. The number of nitrogens with zero attached hydrogens (tertiary/aromatic N) is 4. The molecule has 0 radical (unpaired) electrons. The van der Waals surface area contributed by atoms with Gasteiger partial charge in [0, 0.05) is 0 Å². The molecule has 23 heavy (non-hydrogen) atoms. The van der Waals surface area contributed by atoms with Crippen molar-refractivity contribution >= 4 is 11.6 Å². The molecule has 1 N–H and O–H groups in total. The molecule has 0 aliphatic rings. The maximum Gasteiger partial charge on any atom is 0.416 e. The molecule has 0 atom stereocenters. The summed E-state index contributed by atoms with van der Waals surface area (Å²) >= 11 is 0. The average molecular weight is 323 g/mol. The highest BCUT2D eigenvalue weighted by molar-refractivity contribution is 5.55. The Balaban J connectivity index is 1.97. The van der Waals surface area contributed by atoms with E-state index in [1.165, 1.54) is 30.3 Å². The second-order valence-electron chi connectivity index (χ2n) is 4.57. The highest BCUT2D eigenvalue weighted by Gasteiger charge is 2.30. The molecule has 0 fully saturated rings. The molecular formula is C14H9F4N5. The number of aromatic nitrogens is 4. The second kappa shape index (κ2) is 5.67. The Kier molecular flexibility index (Phi) is 3.68. The summed E-state index contributed by atoms with van der Waals surface area (Å²) in [6.45, 7) is 0. The van der Waals surface area contributed by atoms with Crippen molar-refractivity contribution in [2.45, 2.75) is 6.18 Å². The van der Waals surface area contributed by atoms with Crippen molar-refractivity contribution < 1.29 is 17.6 Å². The monoisotopic (exact) mass is 323 g/mol. The van der Waals surface area contributed by atoms with Crippen molar-refractivity contribution in [3.8, 4) is 5.69 Å². The zero-order valence-electron chi connectivity index (χ0n) is 11.4. The van der Waals surface area contributed by atoms with Crippen LogP contribution in [0, 0.1) is 5.82 Å². The minimum atomic E-state index is -4.48. The van der Waals surface area contributed by atoms with Crippen molar-refractivity contribution in [3.63, 3.8) is 0 Å². The number of alkyl halides is 3. The maximum atomic E-state index is 13.6. The third-order valence-electron chi connectivity index (χ3n) is 3.01. The SMILES string of the molecule is Fc1ccccc1Nc1nnnn1-c1cccc(C(F)(F)F)c1. The number of hydrogen-bond acceptors (Lipinski definition) is 4. The van der Waals surface area contributed by atoms with Gasteiger partial charge in [-0.3, -0.25) is 0 Å². The van der Waals surface area contributed by atoms with Gasteiger partial charge in [-0.25, -0.2) is 4.39 Å². The van der Waals surface area contributed by atoms with E-state index in [-0.39, 0.29) is 17.3 Å². The van der Waals surface area contributed by atoms with Gasteiger partial charge in [-0.1, -0.05) is 23.3 Å². The Morgan fingerprint density at radius 2 is 1.78 bits per heavy atom. The van der Waals surface area contributed by atoms with Gasteiger partial charge in [-0.15, -0.1) is 0 Å². The fourth-order valence-electron chi connectivity index (χ4n) is 1.94. The summed E-state index contributed by atoms with van der Waals surface area (Å²) < 4.78 is 53.1. The molecule has 0 unspecified atom stereocenters. The van der Waals surface area contributed by atoms with Gasteiger partial charge >= 0.3 is 6.18 Å². The topological polar surface area (TPSA) is 55.6 Å². The predicted molar refractivity (Wildman–Crippen MR) is 73.8 cm³/mol. The third kappa shape index (κ3) is 3.12. The van der Waals surface area contributed by atoms with Gasteiger partial charge in [0.15, 0.2) is 0 Å². The highest BCUT2D eigenvalue weighted by atomic mass is 19.4. The van der Waals surface area contributed by atoms with E-state index >= 15 is 0 Å². The average Bonchev–Trinajstić information content (AvgIpc) is 2.97. The second-order valence-corrected chi connectivity index (χ2v) is 4.57. The standard InChI is InChI=1S/C14H9F4N5/c15-11-6-1-2-7-12(11)19-13-20-21-22-23(13)10-5-3-4-9(8-10)14(16,17)18/h1-8H,(H,19,20,22). The molecule has 3 aromatic rings. The lowest BCUT2D eigenvalue weighted by Crippen LogP contribution is -2.08. The molecule has 1 aromatic heterocycles. The van der Waals surface area contributed by atoms with E-state index in [1.54, 1.807) is 6.07 Å². The van der Waals surface area contributed by atoms with E-state index in [4.69, 9.17) is 0 Å². The minimum Gasteiger partial charge on any atom is -0.320 e. The first kappa shape index (κ1) is 14.9. The Hall–Kier alpha value is -2.97. The van der Waals surface area contributed by atoms with E-state index in [2.05, 4.69) is 20.8 Å². The molecule has 0 spiro atoms. The first-order chi connectivity index (χ1) is 10.9. The molecule has 0 amide bonds. The van der Waals surface area contributed by atoms with Crippen molar-refractivity contribution in [3.05, 3.63) is 59.9 Å². The van der Waals surface area contributed by atoms with Crippen molar-refractivity contribution in [2.75, 3.05) is 5.32 Å². The van der Waals surface area contributed by atoms with Crippen molar-refractivity contribution in [1.82, 2.24) is 20.2 Å². The summed E-state index contributed by atoms with van der Waals surface area (Å²) in [7, 11) is 0. The van der Waals surface area contributed by atoms with Crippen LogP contribution in [0.5, 0.6) is 0 Å². The Bertz CT molecular complexity index is 828. The van der Waals surface area contributed by atoms with Gasteiger partial charge in [-0.05, 0) is 40.8 Å². The summed E-state index contributed by atoms with van der Waals surface area (Å²) in [5.41, 5.74) is -0.624. The number of benzene rings is 2. The number of tetrazole rings is 1. The van der Waals surface area contributed by atoms with E-state index in [9.17, 15) is 17.6 Å². The quantitative estimate of drug-likeness (QED) is 0.749. The number of nitrogens with one attached hydrogen (secondary N) is 1. The lowest BCUT2D eigenvalue weighted by atomic mass is 10.2. The van der Waals surface area contributed by atoms with Crippen LogP contribution in [-0.4, -0.2) is 20.2 Å². The molecule has 0 aliphatic carbocycles. The summed E-state index contributed by atoms with van der Waals surface area (Å²) in [4.78, 5) is 0. The van der Waals surface area contributed by atoms with Crippen LogP contribution in [0.15, 0.2) is 48.5 Å². The lowest BCUT2D eigenvalue weighted by molar-refractivity contribution is -0.137. The number of rotatable bonds is 3. The summed E-state index contributed by atoms with van der Waals surface area (Å²) in [5.74, 6) is -0.541. The van der Waals surface area contributed by atoms with Crippen LogP contribution in [0.4, 0.5) is 29.2 Å². The van der Waals surface area contributed by atoms with Crippen LogP contribution < -0.4 is 5.32 Å². The zero-order valence-corrected chi connectivity index (χ0v) is 11.4. The summed E-state index contributed by atoms with van der Waals surface area (Å²) in [6, 6.07) is 10.3. The number of hydrogen-bond donors (Lipinski definition) is 1. The third-order valence-corrected chi connectivity index (χ3v) is 3.01. The number of para-hydroxylation sites is 1. The van der Waals surface area contributed by atoms with E-state index in [0.29, 0.717) is 0 Å². The zero-order chi connectivity index (χ0) is 16.4. The molecule has 0 saturated carbocycles. The molecule has 1 heterocycles. The Morgan fingerprint density at radius 1 is 1.00 bits per heavy atom. The minimum absolute atomic E-state index is 0.00516. The fraction of sp³-hybridized carbons (Fsp3) is 0.0714. The van der Waals surface area contributed by atoms with Crippen LogP contribution in [0.25, 0.3) is 5.69 Å². The summed E-state index contributed by atoms with van der Waals surface area (Å²) in [5, 5.41) is 13.4. The van der Waals surface area contributed by atoms with Crippen LogP contribution in [0.1, 0.15) is 5.56 Å². The van der Waals surface area contributed by atoms with Crippen LogP contribution >= 0.6 is 0 Å². The molecule has 9 heteroatoms. The van der Waals surface area contributed by atoms with Gasteiger partial charge in [-0.2, -0.15) is 17.9 Å². The first-order valence-corrected chi connectivity index (χ1v) is 6.43. The molecular weight excluding hydrogens is 314 g/mol. The highest BCUT2D eigenvalue weighted by Crippen LogP contribution is 2.30. The molecule has 0 saturated heterocycles. The Labute approximate surface area is 127 Å². The Morgan fingerprint density at radius 3 is 2.52 bits per heavy atom. The molecule has 5 nitrogen and oxygen atoms in total. The molecule has 3 rings (SSSR count). The first-order valence-electron chi connectivity index (χ1n) is 6.43. The van der Waals surface area contributed by atoms with Crippen LogP contribution in [0.3, 0.4) is 0 Å². The molecule has 0 bridgehead atoms. The van der Waals surface area contributed by atoms with Gasteiger partial charge < -0.3 is 5.32 Å². The number of anilines is 2. The van der Waals surface area contributed by atoms with Gasteiger partial charge in [0.05, 0.1) is 16.9 Å².